The van der Waals surface area contributed by atoms with Crippen molar-refractivity contribution in [1.29, 1.82) is 0 Å². The molecule has 1 amide bonds. The summed E-state index contributed by atoms with van der Waals surface area (Å²) < 4.78 is 14.0. The topological polar surface area (TPSA) is 52.6 Å². The van der Waals surface area contributed by atoms with Crippen LogP contribution >= 0.6 is 0 Å². The number of amides is 1. The van der Waals surface area contributed by atoms with Gasteiger partial charge in [0.1, 0.15) is 11.5 Å². The van der Waals surface area contributed by atoms with Gasteiger partial charge in [-0.05, 0) is 31.0 Å². The molecule has 7 heteroatoms. The summed E-state index contributed by atoms with van der Waals surface area (Å²) in [6.45, 7) is 8.31. The van der Waals surface area contributed by atoms with Crippen molar-refractivity contribution in [1.82, 2.24) is 14.9 Å². The second-order valence-corrected chi connectivity index (χ2v) is 6.96. The van der Waals surface area contributed by atoms with Gasteiger partial charge in [-0.1, -0.05) is 26.0 Å². The van der Waals surface area contributed by atoms with Gasteiger partial charge >= 0.3 is 0 Å². The van der Waals surface area contributed by atoms with Gasteiger partial charge in [0, 0.05) is 45.5 Å². The van der Waals surface area contributed by atoms with Gasteiger partial charge in [0.15, 0.2) is 0 Å². The number of hydrogen-bond acceptors (Lipinski definition) is 5. The zero-order valence-electron chi connectivity index (χ0n) is 16.6. The zero-order valence-corrected chi connectivity index (χ0v) is 16.6. The Hall–Kier alpha value is -2.70. The van der Waals surface area contributed by atoms with Crippen molar-refractivity contribution in [3.05, 3.63) is 48.0 Å². The van der Waals surface area contributed by atoms with E-state index in [-0.39, 0.29) is 11.7 Å². The summed E-state index contributed by atoms with van der Waals surface area (Å²) in [6, 6.07) is 8.52. The summed E-state index contributed by atoms with van der Waals surface area (Å²) in [5, 5.41) is 0. The standard InChI is InChI=1S/C21H28FN5O/c1-3-11-26(12-4-2)20(28)18-9-10-23-21(24-18)27-15-13-25(14-16-27)19-8-6-5-7-17(19)22/h5-10H,3-4,11-16H2,1-2H3. The van der Waals surface area contributed by atoms with Crippen LogP contribution in [0.4, 0.5) is 16.0 Å². The lowest BCUT2D eigenvalue weighted by Gasteiger charge is -2.36. The van der Waals surface area contributed by atoms with Crippen LogP contribution in [-0.2, 0) is 0 Å². The van der Waals surface area contributed by atoms with Crippen molar-refractivity contribution in [2.45, 2.75) is 26.7 Å². The predicted octanol–water partition coefficient (Wildman–Crippen LogP) is 3.20. The third kappa shape index (κ3) is 4.58. The molecule has 0 saturated carbocycles. The molecule has 150 valence electrons. The quantitative estimate of drug-likeness (QED) is 0.733. The molecule has 2 aromatic rings. The molecule has 1 aromatic carbocycles. The summed E-state index contributed by atoms with van der Waals surface area (Å²) in [5.41, 5.74) is 1.06. The first-order valence-corrected chi connectivity index (χ1v) is 10.0. The minimum atomic E-state index is -0.202. The van der Waals surface area contributed by atoms with Crippen molar-refractivity contribution in [3.8, 4) is 0 Å². The van der Waals surface area contributed by atoms with E-state index in [9.17, 15) is 9.18 Å². The summed E-state index contributed by atoms with van der Waals surface area (Å²) in [4.78, 5) is 27.6. The number of carbonyl (C=O) groups is 1. The maximum Gasteiger partial charge on any atom is 0.272 e. The smallest absolute Gasteiger partial charge is 0.272 e. The van der Waals surface area contributed by atoms with Crippen molar-refractivity contribution < 1.29 is 9.18 Å². The number of carbonyl (C=O) groups excluding carboxylic acids is 1. The Morgan fingerprint density at radius 1 is 1.04 bits per heavy atom. The average molecular weight is 385 g/mol. The maximum absolute atomic E-state index is 14.0. The van der Waals surface area contributed by atoms with E-state index in [1.54, 1.807) is 24.4 Å². The summed E-state index contributed by atoms with van der Waals surface area (Å²) >= 11 is 0. The number of rotatable bonds is 7. The molecule has 6 nitrogen and oxygen atoms in total. The van der Waals surface area contributed by atoms with E-state index < -0.39 is 0 Å². The van der Waals surface area contributed by atoms with Crippen LogP contribution in [0.2, 0.25) is 0 Å². The fourth-order valence-corrected chi connectivity index (χ4v) is 3.49. The molecule has 28 heavy (non-hydrogen) atoms. The van der Waals surface area contributed by atoms with E-state index in [2.05, 4.69) is 28.7 Å². The molecule has 1 aliphatic heterocycles. The minimum Gasteiger partial charge on any atom is -0.366 e. The molecule has 1 aromatic heterocycles. The fraction of sp³-hybridized carbons (Fsp3) is 0.476. The molecule has 1 fully saturated rings. The highest BCUT2D eigenvalue weighted by Crippen LogP contribution is 2.21. The number of nitrogens with zero attached hydrogens (tertiary/aromatic N) is 5. The molecular weight excluding hydrogens is 357 g/mol. The van der Waals surface area contributed by atoms with Crippen LogP contribution in [0.3, 0.4) is 0 Å². The first-order chi connectivity index (χ1) is 13.6. The Bertz CT molecular complexity index is 786. The zero-order chi connectivity index (χ0) is 19.9. The number of piperazine rings is 1. The number of para-hydroxylation sites is 1. The van der Waals surface area contributed by atoms with Crippen molar-refractivity contribution in [3.63, 3.8) is 0 Å². The van der Waals surface area contributed by atoms with Crippen molar-refractivity contribution in [2.24, 2.45) is 0 Å². The molecule has 0 unspecified atom stereocenters. The van der Waals surface area contributed by atoms with Gasteiger partial charge < -0.3 is 14.7 Å². The molecule has 0 atom stereocenters. The Morgan fingerprint density at radius 2 is 1.68 bits per heavy atom. The highest BCUT2D eigenvalue weighted by Gasteiger charge is 2.22. The third-order valence-electron chi connectivity index (χ3n) is 4.89. The molecule has 0 bridgehead atoms. The largest absolute Gasteiger partial charge is 0.366 e. The van der Waals surface area contributed by atoms with Crippen LogP contribution < -0.4 is 9.80 Å². The molecule has 0 aliphatic carbocycles. The number of anilines is 2. The molecule has 2 heterocycles. The SMILES string of the molecule is CCCN(CCC)C(=O)c1ccnc(N2CCN(c3ccccc3F)CC2)n1. The Balaban J connectivity index is 1.68. The van der Waals surface area contributed by atoms with Crippen LogP contribution in [0.5, 0.6) is 0 Å². The molecular formula is C21H28FN5O. The second kappa shape index (κ2) is 9.48. The first-order valence-electron chi connectivity index (χ1n) is 10.0. The second-order valence-electron chi connectivity index (χ2n) is 6.96. The van der Waals surface area contributed by atoms with Gasteiger partial charge in [-0.25, -0.2) is 14.4 Å². The van der Waals surface area contributed by atoms with Gasteiger partial charge in [0.25, 0.3) is 5.91 Å². The molecule has 0 spiro atoms. The highest BCUT2D eigenvalue weighted by molar-refractivity contribution is 5.92. The van der Waals surface area contributed by atoms with Gasteiger partial charge in [-0.2, -0.15) is 0 Å². The molecule has 0 radical (unpaired) electrons. The molecule has 1 aliphatic rings. The van der Waals surface area contributed by atoms with E-state index in [0.717, 1.165) is 25.9 Å². The van der Waals surface area contributed by atoms with Gasteiger partial charge in [-0.15, -0.1) is 0 Å². The fourth-order valence-electron chi connectivity index (χ4n) is 3.49. The number of hydrogen-bond donors (Lipinski definition) is 0. The van der Waals surface area contributed by atoms with Gasteiger partial charge in [0.2, 0.25) is 5.95 Å². The number of aromatic nitrogens is 2. The highest BCUT2D eigenvalue weighted by atomic mass is 19.1. The summed E-state index contributed by atoms with van der Waals surface area (Å²) in [6.07, 6.45) is 3.48. The van der Waals surface area contributed by atoms with E-state index in [4.69, 9.17) is 0 Å². The van der Waals surface area contributed by atoms with E-state index >= 15 is 0 Å². The van der Waals surface area contributed by atoms with Gasteiger partial charge in [-0.3, -0.25) is 4.79 Å². The normalized spacial score (nSPS) is 14.2. The van der Waals surface area contributed by atoms with Crippen LogP contribution in [-0.4, -0.2) is 60.0 Å². The monoisotopic (exact) mass is 385 g/mol. The Labute approximate surface area is 166 Å². The Morgan fingerprint density at radius 3 is 2.32 bits per heavy atom. The lowest BCUT2D eigenvalue weighted by atomic mass is 10.2. The predicted molar refractivity (Wildman–Crippen MR) is 109 cm³/mol. The van der Waals surface area contributed by atoms with Crippen LogP contribution in [0.25, 0.3) is 0 Å². The molecule has 0 N–H and O–H groups in total. The van der Waals surface area contributed by atoms with Crippen molar-refractivity contribution in [2.75, 3.05) is 49.1 Å². The maximum atomic E-state index is 14.0. The lowest BCUT2D eigenvalue weighted by molar-refractivity contribution is 0.0749. The van der Waals surface area contributed by atoms with E-state index in [1.807, 2.05) is 15.9 Å². The average Bonchev–Trinajstić information content (AvgIpc) is 2.74. The Kier molecular flexibility index (Phi) is 6.79. The van der Waals surface area contributed by atoms with Crippen LogP contribution in [0.1, 0.15) is 37.2 Å². The molecule has 3 rings (SSSR count). The lowest BCUT2D eigenvalue weighted by Crippen LogP contribution is -2.47. The summed E-state index contributed by atoms with van der Waals surface area (Å²) in [7, 11) is 0. The van der Waals surface area contributed by atoms with E-state index in [1.165, 1.54) is 6.07 Å². The number of halogens is 1. The van der Waals surface area contributed by atoms with E-state index in [0.29, 0.717) is 43.5 Å². The molecule has 1 saturated heterocycles. The third-order valence-corrected chi connectivity index (χ3v) is 4.89. The first kappa shape index (κ1) is 20.0. The van der Waals surface area contributed by atoms with Crippen LogP contribution in [0.15, 0.2) is 36.5 Å². The van der Waals surface area contributed by atoms with Crippen molar-refractivity contribution >= 4 is 17.5 Å². The number of benzene rings is 1. The summed E-state index contributed by atoms with van der Waals surface area (Å²) in [5.74, 6) is 0.316. The van der Waals surface area contributed by atoms with Gasteiger partial charge in [0.05, 0.1) is 5.69 Å². The minimum absolute atomic E-state index is 0.0441. The van der Waals surface area contributed by atoms with Crippen LogP contribution in [0, 0.1) is 5.82 Å².